The van der Waals surface area contributed by atoms with Crippen LogP contribution >= 0.6 is 11.8 Å². The van der Waals surface area contributed by atoms with Crippen LogP contribution in [0.2, 0.25) is 0 Å². The molecule has 0 spiro atoms. The minimum atomic E-state index is 0.0642. The highest BCUT2D eigenvalue weighted by Gasteiger charge is 2.27. The molecule has 0 saturated heterocycles. The molecule has 0 heterocycles. The molecule has 16 heavy (non-hydrogen) atoms. The van der Waals surface area contributed by atoms with Crippen LogP contribution in [0.4, 0.5) is 0 Å². The van der Waals surface area contributed by atoms with Crippen LogP contribution in [0, 0.1) is 5.92 Å². The molecular formula is C12H24N2OS. The lowest BCUT2D eigenvalue weighted by molar-refractivity contribution is -0.126. The number of carbonyl (C=O) groups excluding carboxylic acids is 1. The van der Waals surface area contributed by atoms with Crippen molar-refractivity contribution in [3.05, 3.63) is 0 Å². The Hall–Kier alpha value is -0.220. The largest absolute Gasteiger partial charge is 0.356 e. The van der Waals surface area contributed by atoms with Gasteiger partial charge in [0.2, 0.25) is 5.91 Å². The Labute approximate surface area is 103 Å². The van der Waals surface area contributed by atoms with E-state index in [0.29, 0.717) is 0 Å². The fourth-order valence-electron chi connectivity index (χ4n) is 2.20. The van der Waals surface area contributed by atoms with Crippen molar-refractivity contribution >= 4 is 17.7 Å². The summed E-state index contributed by atoms with van der Waals surface area (Å²) in [6.07, 6.45) is 8.67. The number of nitrogens with one attached hydrogen (secondary N) is 1. The topological polar surface area (TPSA) is 55.1 Å². The molecule has 0 aromatic heterocycles. The molecule has 0 bridgehead atoms. The molecule has 1 rings (SSSR count). The molecule has 1 fully saturated rings. The standard InChI is InChI=1S/C12H24N2OS/c1-16-9-5-4-8-14-12(15)10-6-2-3-7-11(10)13/h10-11H,2-9,13H2,1H3,(H,14,15). The highest BCUT2D eigenvalue weighted by molar-refractivity contribution is 7.98. The van der Waals surface area contributed by atoms with Gasteiger partial charge in [0.25, 0.3) is 0 Å². The Balaban J connectivity index is 2.13. The molecule has 2 unspecified atom stereocenters. The van der Waals surface area contributed by atoms with Gasteiger partial charge in [0, 0.05) is 12.6 Å². The van der Waals surface area contributed by atoms with E-state index in [4.69, 9.17) is 5.73 Å². The molecule has 3 N–H and O–H groups in total. The van der Waals surface area contributed by atoms with E-state index in [2.05, 4.69) is 11.6 Å². The average molecular weight is 244 g/mol. The lowest BCUT2D eigenvalue weighted by Crippen LogP contribution is -2.43. The Morgan fingerprint density at radius 1 is 1.38 bits per heavy atom. The molecule has 2 atom stereocenters. The minimum Gasteiger partial charge on any atom is -0.356 e. The van der Waals surface area contributed by atoms with E-state index in [1.807, 2.05) is 11.8 Å². The van der Waals surface area contributed by atoms with Crippen molar-refractivity contribution in [2.75, 3.05) is 18.6 Å². The molecule has 0 aromatic carbocycles. The molecule has 0 aromatic rings. The van der Waals surface area contributed by atoms with Crippen LogP contribution in [0.5, 0.6) is 0 Å². The number of unbranched alkanes of at least 4 members (excludes halogenated alkanes) is 1. The summed E-state index contributed by atoms with van der Waals surface area (Å²) in [5, 5.41) is 3.01. The van der Waals surface area contributed by atoms with Crippen molar-refractivity contribution < 1.29 is 4.79 Å². The van der Waals surface area contributed by atoms with Gasteiger partial charge in [-0.3, -0.25) is 4.79 Å². The summed E-state index contributed by atoms with van der Waals surface area (Å²) in [6, 6.07) is 0.0833. The van der Waals surface area contributed by atoms with E-state index in [0.717, 1.165) is 32.2 Å². The first-order valence-corrected chi connectivity index (χ1v) is 7.67. The number of carbonyl (C=O) groups is 1. The van der Waals surface area contributed by atoms with Crippen LogP contribution in [0.25, 0.3) is 0 Å². The SMILES string of the molecule is CSCCCCNC(=O)C1CCCCC1N. The van der Waals surface area contributed by atoms with Crippen LogP contribution in [-0.2, 0) is 4.79 Å². The van der Waals surface area contributed by atoms with Crippen LogP contribution in [-0.4, -0.2) is 30.5 Å². The monoisotopic (exact) mass is 244 g/mol. The fraction of sp³-hybridized carbons (Fsp3) is 0.917. The van der Waals surface area contributed by atoms with Gasteiger partial charge in [-0.1, -0.05) is 12.8 Å². The van der Waals surface area contributed by atoms with Crippen molar-refractivity contribution in [1.82, 2.24) is 5.32 Å². The summed E-state index contributed by atoms with van der Waals surface area (Å²) < 4.78 is 0. The maximum absolute atomic E-state index is 11.8. The van der Waals surface area contributed by atoms with Crippen molar-refractivity contribution in [3.63, 3.8) is 0 Å². The first kappa shape index (κ1) is 13.8. The Bertz CT molecular complexity index is 211. The van der Waals surface area contributed by atoms with E-state index in [-0.39, 0.29) is 17.9 Å². The third-order valence-corrected chi connectivity index (χ3v) is 3.93. The predicted molar refractivity (Wildman–Crippen MR) is 70.6 cm³/mol. The molecule has 1 amide bonds. The van der Waals surface area contributed by atoms with Gasteiger partial charge < -0.3 is 11.1 Å². The van der Waals surface area contributed by atoms with Gasteiger partial charge in [-0.15, -0.1) is 0 Å². The van der Waals surface area contributed by atoms with E-state index < -0.39 is 0 Å². The normalized spacial score (nSPS) is 25.4. The highest BCUT2D eigenvalue weighted by atomic mass is 32.2. The van der Waals surface area contributed by atoms with Gasteiger partial charge in [-0.25, -0.2) is 0 Å². The Morgan fingerprint density at radius 3 is 2.81 bits per heavy atom. The number of hydrogen-bond donors (Lipinski definition) is 2. The van der Waals surface area contributed by atoms with Crippen LogP contribution in [0.3, 0.4) is 0 Å². The van der Waals surface area contributed by atoms with Crippen LogP contribution in [0.1, 0.15) is 38.5 Å². The summed E-state index contributed by atoms with van der Waals surface area (Å²) >= 11 is 1.86. The van der Waals surface area contributed by atoms with E-state index in [1.54, 1.807) is 0 Å². The molecular weight excluding hydrogens is 220 g/mol. The average Bonchev–Trinajstić information content (AvgIpc) is 2.29. The summed E-state index contributed by atoms with van der Waals surface area (Å²) in [4.78, 5) is 11.8. The second-order valence-electron chi connectivity index (χ2n) is 4.55. The van der Waals surface area contributed by atoms with Gasteiger partial charge in [0.05, 0.1) is 5.92 Å². The molecule has 94 valence electrons. The first-order chi connectivity index (χ1) is 7.75. The predicted octanol–water partition coefficient (Wildman–Crippen LogP) is 1.76. The number of thioether (sulfide) groups is 1. The number of hydrogen-bond acceptors (Lipinski definition) is 3. The molecule has 1 aliphatic rings. The molecule has 1 saturated carbocycles. The van der Waals surface area contributed by atoms with Gasteiger partial charge >= 0.3 is 0 Å². The molecule has 0 radical (unpaired) electrons. The molecule has 4 heteroatoms. The third kappa shape index (κ3) is 4.74. The highest BCUT2D eigenvalue weighted by Crippen LogP contribution is 2.22. The van der Waals surface area contributed by atoms with Gasteiger partial charge in [0.1, 0.15) is 0 Å². The first-order valence-electron chi connectivity index (χ1n) is 6.28. The summed E-state index contributed by atoms with van der Waals surface area (Å²) in [5.41, 5.74) is 5.97. The van der Waals surface area contributed by atoms with E-state index >= 15 is 0 Å². The Kier molecular flexibility index (Phi) is 6.88. The zero-order valence-corrected chi connectivity index (χ0v) is 11.0. The van der Waals surface area contributed by atoms with Crippen LogP contribution < -0.4 is 11.1 Å². The number of nitrogens with two attached hydrogens (primary N) is 1. The van der Waals surface area contributed by atoms with Crippen molar-refractivity contribution in [2.45, 2.75) is 44.6 Å². The smallest absolute Gasteiger partial charge is 0.224 e. The number of amides is 1. The maximum atomic E-state index is 11.8. The second kappa shape index (κ2) is 7.96. The fourth-order valence-corrected chi connectivity index (χ4v) is 2.69. The summed E-state index contributed by atoms with van der Waals surface area (Å²) in [6.45, 7) is 0.808. The van der Waals surface area contributed by atoms with Crippen molar-refractivity contribution in [2.24, 2.45) is 11.7 Å². The Morgan fingerprint density at radius 2 is 2.12 bits per heavy atom. The third-order valence-electron chi connectivity index (χ3n) is 3.23. The maximum Gasteiger partial charge on any atom is 0.224 e. The molecule has 1 aliphatic carbocycles. The molecule has 0 aliphatic heterocycles. The zero-order valence-electron chi connectivity index (χ0n) is 10.2. The van der Waals surface area contributed by atoms with Crippen molar-refractivity contribution in [1.29, 1.82) is 0 Å². The molecule has 3 nitrogen and oxygen atoms in total. The lowest BCUT2D eigenvalue weighted by Gasteiger charge is -2.27. The van der Waals surface area contributed by atoms with E-state index in [9.17, 15) is 4.79 Å². The summed E-state index contributed by atoms with van der Waals surface area (Å²) in [5.74, 6) is 1.42. The van der Waals surface area contributed by atoms with Crippen molar-refractivity contribution in [3.8, 4) is 0 Å². The quantitative estimate of drug-likeness (QED) is 0.700. The van der Waals surface area contributed by atoms with Crippen LogP contribution in [0.15, 0.2) is 0 Å². The van der Waals surface area contributed by atoms with Gasteiger partial charge in [-0.2, -0.15) is 11.8 Å². The second-order valence-corrected chi connectivity index (χ2v) is 5.53. The number of rotatable bonds is 6. The van der Waals surface area contributed by atoms with E-state index in [1.165, 1.54) is 18.6 Å². The van der Waals surface area contributed by atoms with Gasteiger partial charge in [-0.05, 0) is 37.7 Å². The van der Waals surface area contributed by atoms with Gasteiger partial charge in [0.15, 0.2) is 0 Å². The zero-order chi connectivity index (χ0) is 11.8. The summed E-state index contributed by atoms with van der Waals surface area (Å²) in [7, 11) is 0. The lowest BCUT2D eigenvalue weighted by atomic mass is 9.84. The minimum absolute atomic E-state index is 0.0642.